The molecule has 4 heteroatoms. The van der Waals surface area contributed by atoms with Gasteiger partial charge in [-0.1, -0.05) is 19.1 Å². The van der Waals surface area contributed by atoms with Gasteiger partial charge in [-0.05, 0) is 50.8 Å². The largest absolute Gasteiger partial charge is 0.478 e. The number of amides is 1. The van der Waals surface area contributed by atoms with Gasteiger partial charge in [-0.2, -0.15) is 0 Å². The normalized spacial score (nSPS) is 18.5. The first-order chi connectivity index (χ1) is 10.0. The van der Waals surface area contributed by atoms with Crippen LogP contribution in [0.25, 0.3) is 0 Å². The Labute approximate surface area is 126 Å². The molecule has 0 aromatic heterocycles. The summed E-state index contributed by atoms with van der Waals surface area (Å²) in [4.78, 5) is 12.3. The minimum atomic E-state index is -0.896. The maximum atomic E-state index is 12.3. The van der Waals surface area contributed by atoms with Crippen LogP contribution in [-0.4, -0.2) is 30.8 Å². The predicted octanol–water partition coefficient (Wildman–Crippen LogP) is 2.70. The van der Waals surface area contributed by atoms with Crippen molar-refractivity contribution >= 4 is 5.91 Å². The van der Waals surface area contributed by atoms with Crippen LogP contribution in [0, 0.1) is 0 Å². The van der Waals surface area contributed by atoms with Crippen molar-refractivity contribution in [2.24, 2.45) is 0 Å². The van der Waals surface area contributed by atoms with Crippen LogP contribution < -0.4 is 10.1 Å². The fraction of sp³-hybridized carbons (Fsp3) is 0.588. The highest BCUT2D eigenvalue weighted by molar-refractivity contribution is 5.84. The van der Waals surface area contributed by atoms with Gasteiger partial charge in [0, 0.05) is 13.2 Å². The molecule has 1 heterocycles. The fourth-order valence-corrected chi connectivity index (χ4v) is 2.36. The molecule has 0 aliphatic carbocycles. The van der Waals surface area contributed by atoms with Crippen molar-refractivity contribution in [2.45, 2.75) is 51.7 Å². The minimum absolute atomic E-state index is 0.113. The van der Waals surface area contributed by atoms with Crippen molar-refractivity contribution in [2.75, 3.05) is 13.2 Å². The lowest BCUT2D eigenvalue weighted by Crippen LogP contribution is -2.48. The average molecular weight is 291 g/mol. The van der Waals surface area contributed by atoms with E-state index in [0.29, 0.717) is 12.3 Å². The van der Waals surface area contributed by atoms with E-state index >= 15 is 0 Å². The van der Waals surface area contributed by atoms with Gasteiger partial charge in [0.2, 0.25) is 0 Å². The van der Waals surface area contributed by atoms with Crippen LogP contribution in [0.2, 0.25) is 0 Å². The van der Waals surface area contributed by atoms with Gasteiger partial charge in [0.05, 0.1) is 6.10 Å². The van der Waals surface area contributed by atoms with Gasteiger partial charge < -0.3 is 14.8 Å². The quantitative estimate of drug-likeness (QED) is 0.876. The van der Waals surface area contributed by atoms with Crippen molar-refractivity contribution in [3.8, 4) is 5.75 Å². The highest BCUT2D eigenvalue weighted by Crippen LogP contribution is 2.20. The Morgan fingerprint density at radius 3 is 2.67 bits per heavy atom. The van der Waals surface area contributed by atoms with Gasteiger partial charge in [0.1, 0.15) is 5.75 Å². The number of carbonyl (C=O) groups excluding carboxylic acids is 1. The number of hydrogen-bond acceptors (Lipinski definition) is 3. The molecule has 1 amide bonds. The molecule has 0 radical (unpaired) electrons. The van der Waals surface area contributed by atoms with Crippen LogP contribution in [0.4, 0.5) is 0 Å². The third-order valence-corrected chi connectivity index (χ3v) is 3.77. The van der Waals surface area contributed by atoms with E-state index in [1.807, 2.05) is 24.3 Å². The van der Waals surface area contributed by atoms with Gasteiger partial charge in [0.25, 0.3) is 5.91 Å². The molecule has 1 aromatic carbocycles. The number of benzene rings is 1. The second-order valence-electron chi connectivity index (χ2n) is 5.95. The molecular weight excluding hydrogens is 266 g/mol. The SMILES string of the molecule is CCc1ccc(OC(C)(C)C(=O)NCC2CCCO2)cc1. The number of nitrogens with one attached hydrogen (secondary N) is 1. The van der Waals surface area contributed by atoms with Gasteiger partial charge in [0.15, 0.2) is 5.60 Å². The topological polar surface area (TPSA) is 47.6 Å². The molecule has 116 valence electrons. The van der Waals surface area contributed by atoms with Gasteiger partial charge >= 0.3 is 0 Å². The van der Waals surface area contributed by atoms with E-state index in [2.05, 4.69) is 12.2 Å². The van der Waals surface area contributed by atoms with E-state index < -0.39 is 5.60 Å². The van der Waals surface area contributed by atoms with Crippen molar-refractivity contribution < 1.29 is 14.3 Å². The van der Waals surface area contributed by atoms with Gasteiger partial charge in [-0.3, -0.25) is 4.79 Å². The van der Waals surface area contributed by atoms with Crippen LogP contribution in [0.3, 0.4) is 0 Å². The summed E-state index contributed by atoms with van der Waals surface area (Å²) in [6, 6.07) is 7.87. The first kappa shape index (κ1) is 15.8. The molecule has 0 spiro atoms. The lowest BCUT2D eigenvalue weighted by molar-refractivity contribution is -0.134. The van der Waals surface area contributed by atoms with Gasteiger partial charge in [-0.25, -0.2) is 0 Å². The Kier molecular flexibility index (Phi) is 5.23. The summed E-state index contributed by atoms with van der Waals surface area (Å²) in [5.74, 6) is 0.599. The van der Waals surface area contributed by atoms with Crippen LogP contribution in [0.1, 0.15) is 39.2 Å². The molecule has 2 rings (SSSR count). The van der Waals surface area contributed by atoms with E-state index in [4.69, 9.17) is 9.47 Å². The highest BCUT2D eigenvalue weighted by atomic mass is 16.5. The Bertz CT molecular complexity index is 461. The van der Waals surface area contributed by atoms with E-state index in [9.17, 15) is 4.79 Å². The summed E-state index contributed by atoms with van der Waals surface area (Å²) in [6.45, 7) is 7.03. The predicted molar refractivity (Wildman–Crippen MR) is 82.5 cm³/mol. The molecule has 1 atom stereocenters. The molecule has 1 unspecified atom stereocenters. The third-order valence-electron chi connectivity index (χ3n) is 3.77. The Morgan fingerprint density at radius 1 is 1.38 bits per heavy atom. The molecule has 21 heavy (non-hydrogen) atoms. The van der Waals surface area contributed by atoms with E-state index in [1.54, 1.807) is 13.8 Å². The molecule has 1 aliphatic rings. The monoisotopic (exact) mass is 291 g/mol. The second-order valence-corrected chi connectivity index (χ2v) is 5.95. The average Bonchev–Trinajstić information content (AvgIpc) is 2.98. The van der Waals surface area contributed by atoms with Crippen molar-refractivity contribution in [3.05, 3.63) is 29.8 Å². The summed E-state index contributed by atoms with van der Waals surface area (Å²) >= 11 is 0. The molecule has 1 N–H and O–H groups in total. The van der Waals surface area contributed by atoms with Crippen LogP contribution >= 0.6 is 0 Å². The third kappa shape index (κ3) is 4.46. The van der Waals surface area contributed by atoms with E-state index in [0.717, 1.165) is 25.9 Å². The number of aryl methyl sites for hydroxylation is 1. The molecular formula is C17H25NO3. The molecule has 1 fully saturated rings. The maximum absolute atomic E-state index is 12.3. The zero-order valence-electron chi connectivity index (χ0n) is 13.1. The second kappa shape index (κ2) is 6.94. The summed E-state index contributed by atoms with van der Waals surface area (Å²) in [5, 5.41) is 2.92. The standard InChI is InChI=1S/C17H25NO3/c1-4-13-7-9-14(10-8-13)21-17(2,3)16(19)18-12-15-6-5-11-20-15/h7-10,15H,4-6,11-12H2,1-3H3,(H,18,19). The smallest absolute Gasteiger partial charge is 0.263 e. The zero-order chi connectivity index (χ0) is 15.3. The number of rotatable bonds is 6. The fourth-order valence-electron chi connectivity index (χ4n) is 2.36. The minimum Gasteiger partial charge on any atom is -0.478 e. The van der Waals surface area contributed by atoms with Crippen LogP contribution in [0.15, 0.2) is 24.3 Å². The maximum Gasteiger partial charge on any atom is 0.263 e. The first-order valence-corrected chi connectivity index (χ1v) is 7.69. The number of ether oxygens (including phenoxy) is 2. The summed E-state index contributed by atoms with van der Waals surface area (Å²) in [5.41, 5.74) is 0.356. The van der Waals surface area contributed by atoms with E-state index in [-0.39, 0.29) is 12.0 Å². The highest BCUT2D eigenvalue weighted by Gasteiger charge is 2.30. The summed E-state index contributed by atoms with van der Waals surface area (Å²) in [7, 11) is 0. The number of hydrogen-bond donors (Lipinski definition) is 1. The van der Waals surface area contributed by atoms with Crippen molar-refractivity contribution in [1.82, 2.24) is 5.32 Å². The Hall–Kier alpha value is -1.55. The Morgan fingerprint density at radius 2 is 2.10 bits per heavy atom. The van der Waals surface area contributed by atoms with Crippen LogP contribution in [-0.2, 0) is 16.0 Å². The molecule has 1 saturated heterocycles. The zero-order valence-corrected chi connectivity index (χ0v) is 13.1. The molecule has 0 saturated carbocycles. The number of carbonyl (C=O) groups is 1. The van der Waals surface area contributed by atoms with Gasteiger partial charge in [-0.15, -0.1) is 0 Å². The molecule has 4 nitrogen and oxygen atoms in total. The molecule has 1 aliphatic heterocycles. The summed E-state index contributed by atoms with van der Waals surface area (Å²) in [6.07, 6.45) is 3.23. The molecule has 0 bridgehead atoms. The van der Waals surface area contributed by atoms with Crippen molar-refractivity contribution in [3.63, 3.8) is 0 Å². The summed E-state index contributed by atoms with van der Waals surface area (Å²) < 4.78 is 11.3. The van der Waals surface area contributed by atoms with Crippen LogP contribution in [0.5, 0.6) is 5.75 Å². The lowest BCUT2D eigenvalue weighted by atomic mass is 10.1. The van der Waals surface area contributed by atoms with Crippen molar-refractivity contribution in [1.29, 1.82) is 0 Å². The first-order valence-electron chi connectivity index (χ1n) is 7.69. The Balaban J connectivity index is 1.87. The lowest BCUT2D eigenvalue weighted by Gasteiger charge is -2.26. The molecule has 1 aromatic rings. The van der Waals surface area contributed by atoms with E-state index in [1.165, 1.54) is 5.56 Å².